The minimum Gasteiger partial charge on any atom is -0.388 e. The van der Waals surface area contributed by atoms with Crippen molar-refractivity contribution in [3.05, 3.63) is 102 Å². The van der Waals surface area contributed by atoms with E-state index < -0.39 is 20.4 Å². The van der Waals surface area contributed by atoms with E-state index in [0.717, 1.165) is 11.4 Å². The minimum absolute atomic E-state index is 0.136. The van der Waals surface area contributed by atoms with Gasteiger partial charge in [-0.2, -0.15) is 0 Å². The number of hydrogen-bond donors (Lipinski definition) is 2. The monoisotopic (exact) mass is 548 g/mol. The zero-order valence-electron chi connectivity index (χ0n) is 22.3. The first kappa shape index (κ1) is 28.3. The third-order valence-corrected chi connectivity index (χ3v) is 23.7. The number of hydrogen-bond acceptors (Lipinski definition) is 2. The Morgan fingerprint density at radius 3 is 1.18 bits per heavy atom. The molecule has 0 atom stereocenters. The summed E-state index contributed by atoms with van der Waals surface area (Å²) in [5.41, 5.74) is 8.61. The van der Waals surface area contributed by atoms with Crippen molar-refractivity contribution in [2.45, 2.75) is 53.6 Å². The molecule has 0 heterocycles. The molecule has 0 spiro atoms. The van der Waals surface area contributed by atoms with E-state index in [4.69, 9.17) is 0 Å². The number of benzene rings is 2. The van der Waals surface area contributed by atoms with Crippen LogP contribution in [0.15, 0.2) is 102 Å². The summed E-state index contributed by atoms with van der Waals surface area (Å²) >= 11 is -1.51. The van der Waals surface area contributed by atoms with E-state index >= 15 is 0 Å². The predicted octanol–water partition coefficient (Wildman–Crippen LogP) is 8.56. The van der Waals surface area contributed by atoms with E-state index in [9.17, 15) is 0 Å². The summed E-state index contributed by atoms with van der Waals surface area (Å²) in [6.45, 7) is 14.4. The molecule has 0 amide bonds. The molecule has 4 rings (SSSR count). The molecule has 0 unspecified atom stereocenters. The van der Waals surface area contributed by atoms with Crippen molar-refractivity contribution >= 4 is 16.8 Å². The molecule has 0 saturated carbocycles. The summed E-state index contributed by atoms with van der Waals surface area (Å²) in [5.74, 6) is 0. The van der Waals surface area contributed by atoms with Crippen molar-refractivity contribution in [1.29, 1.82) is 0 Å². The second-order valence-electron chi connectivity index (χ2n) is 9.27. The van der Waals surface area contributed by atoms with Gasteiger partial charge in [-0.25, -0.2) is 0 Å². The van der Waals surface area contributed by atoms with E-state index in [-0.39, 0.29) is 5.43 Å². The SMILES string of the molecule is CC1=CC(C)=[C]([Zr]([C]2=C(C)C=C(C)C2)=[Si](C)C)C1.CNc1ccccc1.CNc1ccccc1. The molecule has 34 heavy (non-hydrogen) atoms. The maximum atomic E-state index is 3.03. The van der Waals surface area contributed by atoms with E-state index in [1.807, 2.05) is 81.3 Å². The molecule has 2 aromatic carbocycles. The van der Waals surface area contributed by atoms with Gasteiger partial charge in [-0.3, -0.25) is 0 Å². The fourth-order valence-electron chi connectivity index (χ4n) is 4.42. The molecule has 0 radical (unpaired) electrons. The Kier molecular flexibility index (Phi) is 12.1. The van der Waals surface area contributed by atoms with Crippen LogP contribution in [0.5, 0.6) is 0 Å². The maximum absolute atomic E-state index is 3.03. The van der Waals surface area contributed by atoms with Crippen molar-refractivity contribution in [3.8, 4) is 0 Å². The van der Waals surface area contributed by atoms with Gasteiger partial charge in [0.2, 0.25) is 0 Å². The van der Waals surface area contributed by atoms with Gasteiger partial charge >= 0.3 is 120 Å². The van der Waals surface area contributed by atoms with Crippen LogP contribution in [-0.2, 0) is 20.4 Å². The van der Waals surface area contributed by atoms with Crippen LogP contribution < -0.4 is 10.6 Å². The second-order valence-corrected chi connectivity index (χ2v) is 26.4. The van der Waals surface area contributed by atoms with Crippen LogP contribution in [0.3, 0.4) is 0 Å². The van der Waals surface area contributed by atoms with Crippen LogP contribution in [-0.4, -0.2) is 19.5 Å². The first-order valence-electron chi connectivity index (χ1n) is 12.1. The molecule has 0 saturated heterocycles. The Balaban J connectivity index is 0.000000210. The van der Waals surface area contributed by atoms with Crippen LogP contribution in [0.2, 0.25) is 13.1 Å². The van der Waals surface area contributed by atoms with Crippen molar-refractivity contribution in [3.63, 3.8) is 0 Å². The molecule has 2 nitrogen and oxygen atoms in total. The van der Waals surface area contributed by atoms with Gasteiger partial charge in [0.1, 0.15) is 0 Å². The van der Waals surface area contributed by atoms with Gasteiger partial charge < -0.3 is 10.6 Å². The first-order valence-corrected chi connectivity index (χ1v) is 20.8. The van der Waals surface area contributed by atoms with Gasteiger partial charge in [0, 0.05) is 25.5 Å². The van der Waals surface area contributed by atoms with Crippen molar-refractivity contribution < 1.29 is 20.4 Å². The molecule has 0 aromatic heterocycles. The Morgan fingerprint density at radius 1 is 0.618 bits per heavy atom. The molecule has 0 fully saturated rings. The standard InChI is InChI=1S/2C7H9N.2C7H9.C2H6Si.Zr/c2*1-8-7-5-3-2-4-6-7;2*1-6-3-4-7(2)5-6;1-3-2;/h2*2-6,8H,1H3;2*5H,3H2,1-2H3;1-2H3;. The fourth-order valence-corrected chi connectivity index (χ4v) is 23.3. The second kappa shape index (κ2) is 14.5. The summed E-state index contributed by atoms with van der Waals surface area (Å²) in [4.78, 5) is 0. The van der Waals surface area contributed by atoms with Gasteiger partial charge in [0.25, 0.3) is 0 Å². The van der Waals surface area contributed by atoms with E-state index in [2.05, 4.69) is 63.6 Å². The van der Waals surface area contributed by atoms with Gasteiger partial charge in [-0.15, -0.1) is 0 Å². The Labute approximate surface area is 216 Å². The zero-order chi connectivity index (χ0) is 25.1. The Bertz CT molecular complexity index is 1020. The average molecular weight is 550 g/mol. The molecule has 180 valence electrons. The third kappa shape index (κ3) is 8.71. The summed E-state index contributed by atoms with van der Waals surface area (Å²) in [6, 6.07) is 20.1. The quantitative estimate of drug-likeness (QED) is 0.373. The van der Waals surface area contributed by atoms with E-state index in [1.165, 1.54) is 12.8 Å². The van der Waals surface area contributed by atoms with Crippen LogP contribution in [0.25, 0.3) is 0 Å². The van der Waals surface area contributed by atoms with Crippen LogP contribution in [0.1, 0.15) is 40.5 Å². The van der Waals surface area contributed by atoms with Crippen LogP contribution in [0.4, 0.5) is 11.4 Å². The van der Waals surface area contributed by atoms with Crippen LogP contribution in [0, 0.1) is 0 Å². The smallest absolute Gasteiger partial charge is 0.0337 e. The third-order valence-electron chi connectivity index (χ3n) is 6.02. The number of nitrogens with one attached hydrogen (secondary N) is 2. The number of allylic oxidation sites excluding steroid dienone is 8. The predicted molar refractivity (Wildman–Crippen MR) is 152 cm³/mol. The van der Waals surface area contributed by atoms with Gasteiger partial charge in [-0.1, -0.05) is 36.4 Å². The number of anilines is 2. The molecule has 0 bridgehead atoms. The summed E-state index contributed by atoms with van der Waals surface area (Å²) < 4.78 is 3.82. The van der Waals surface area contributed by atoms with E-state index in [0.29, 0.717) is 0 Å². The molecule has 2 N–H and O–H groups in total. The summed E-state index contributed by atoms with van der Waals surface area (Å²) in [5, 5.41) is 6.05. The van der Waals surface area contributed by atoms with Gasteiger partial charge in [0.15, 0.2) is 0 Å². The summed E-state index contributed by atoms with van der Waals surface area (Å²) in [7, 11) is 3.82. The molecule has 0 aliphatic heterocycles. The van der Waals surface area contributed by atoms with Crippen LogP contribution >= 0.6 is 0 Å². The van der Waals surface area contributed by atoms with Crippen molar-refractivity contribution in [2.24, 2.45) is 0 Å². The number of rotatable bonds is 4. The van der Waals surface area contributed by atoms with Crippen molar-refractivity contribution in [2.75, 3.05) is 24.7 Å². The largest absolute Gasteiger partial charge is 0.388 e. The first-order chi connectivity index (χ1) is 16.3. The molecule has 2 aliphatic rings. The molecular formula is C30H42N2SiZr. The molecule has 4 heteroatoms. The minimum atomic E-state index is -1.51. The normalized spacial score (nSPS) is 14.4. The Morgan fingerprint density at radius 2 is 0.971 bits per heavy atom. The Hall–Kier alpha value is -1.90. The summed E-state index contributed by atoms with van der Waals surface area (Å²) in [6.07, 6.45) is 7.47. The van der Waals surface area contributed by atoms with Gasteiger partial charge in [-0.05, 0) is 24.3 Å². The zero-order valence-corrected chi connectivity index (χ0v) is 25.8. The topological polar surface area (TPSA) is 24.1 Å². The number of para-hydroxylation sites is 2. The van der Waals surface area contributed by atoms with Crippen molar-refractivity contribution in [1.82, 2.24) is 0 Å². The fraction of sp³-hybridized carbons (Fsp3) is 0.333. The maximum Gasteiger partial charge on any atom is 0.0337 e. The van der Waals surface area contributed by atoms with E-state index in [1.54, 1.807) is 22.3 Å². The average Bonchev–Trinajstić information content (AvgIpc) is 3.34. The van der Waals surface area contributed by atoms with Gasteiger partial charge in [0.05, 0.1) is 0 Å². The molecular weight excluding hydrogens is 508 g/mol. The molecule has 2 aliphatic carbocycles. The molecule has 2 aromatic rings.